The van der Waals surface area contributed by atoms with E-state index < -0.39 is 52.2 Å². The van der Waals surface area contributed by atoms with Crippen LogP contribution in [0.2, 0.25) is 0 Å². The van der Waals surface area contributed by atoms with Gasteiger partial charge in [-0.25, -0.2) is 0 Å². The lowest BCUT2D eigenvalue weighted by Crippen LogP contribution is -2.16. The molecular weight excluding hydrogens is 446 g/mol. The predicted molar refractivity (Wildman–Crippen MR) is 92.9 cm³/mol. The van der Waals surface area contributed by atoms with Gasteiger partial charge in [-0.15, -0.1) is 0 Å². The molecule has 0 radical (unpaired) electrons. The van der Waals surface area contributed by atoms with Crippen molar-refractivity contribution < 1.29 is 40.2 Å². The SMILES string of the molecule is O=C(c1onc(-c2ccccn2)c1C(F)(F)F)c1onc(-c2ccccn2)c1C(F)(F)F. The van der Waals surface area contributed by atoms with Crippen molar-refractivity contribution in [1.82, 2.24) is 20.3 Å². The molecule has 4 aromatic rings. The van der Waals surface area contributed by atoms with Crippen LogP contribution in [0.25, 0.3) is 22.8 Å². The Morgan fingerprint density at radius 3 is 1.41 bits per heavy atom. The lowest BCUT2D eigenvalue weighted by Gasteiger charge is -2.09. The van der Waals surface area contributed by atoms with Gasteiger partial charge in [-0.3, -0.25) is 14.8 Å². The molecule has 0 aliphatic rings. The second-order valence-corrected chi connectivity index (χ2v) is 6.23. The smallest absolute Gasteiger partial charge is 0.351 e. The molecule has 0 aromatic carbocycles. The van der Waals surface area contributed by atoms with Gasteiger partial charge in [0.2, 0.25) is 11.5 Å². The van der Waals surface area contributed by atoms with Gasteiger partial charge in [0.05, 0.1) is 11.4 Å². The standard InChI is InChI=1S/C19H8F6N4O3/c20-18(21,22)11-13(9-5-1-3-7-26-9)28-31-16(11)15(30)17-12(19(23,24)25)14(29-32-17)10-6-2-4-8-27-10/h1-8H. The molecule has 4 rings (SSSR count). The minimum absolute atomic E-state index is 0.301. The van der Waals surface area contributed by atoms with Crippen molar-refractivity contribution in [2.24, 2.45) is 0 Å². The van der Waals surface area contributed by atoms with Gasteiger partial charge in [-0.2, -0.15) is 26.3 Å². The highest BCUT2D eigenvalue weighted by molar-refractivity contribution is 6.08. The third-order valence-electron chi connectivity index (χ3n) is 4.18. The lowest BCUT2D eigenvalue weighted by molar-refractivity contribution is -0.138. The Labute approximate surface area is 173 Å². The Hall–Kier alpha value is -4.03. The van der Waals surface area contributed by atoms with Crippen LogP contribution in [0.15, 0.2) is 57.8 Å². The summed E-state index contributed by atoms with van der Waals surface area (Å²) in [5.41, 5.74) is -5.70. The summed E-state index contributed by atoms with van der Waals surface area (Å²) >= 11 is 0. The average molecular weight is 454 g/mol. The molecule has 0 spiro atoms. The van der Waals surface area contributed by atoms with Crippen LogP contribution >= 0.6 is 0 Å². The van der Waals surface area contributed by atoms with Gasteiger partial charge >= 0.3 is 12.4 Å². The van der Waals surface area contributed by atoms with E-state index >= 15 is 0 Å². The van der Waals surface area contributed by atoms with Gasteiger partial charge in [-0.1, -0.05) is 22.4 Å². The van der Waals surface area contributed by atoms with E-state index in [1.165, 1.54) is 36.7 Å². The quantitative estimate of drug-likeness (QED) is 0.314. The molecule has 0 saturated carbocycles. The van der Waals surface area contributed by atoms with Crippen LogP contribution in [-0.2, 0) is 12.4 Å². The van der Waals surface area contributed by atoms with Crippen molar-refractivity contribution in [3.05, 3.63) is 71.4 Å². The van der Waals surface area contributed by atoms with Crippen LogP contribution in [0.5, 0.6) is 0 Å². The fourth-order valence-electron chi connectivity index (χ4n) is 2.87. The van der Waals surface area contributed by atoms with E-state index in [1.54, 1.807) is 0 Å². The number of carbonyl (C=O) groups is 1. The molecule has 0 aliphatic carbocycles. The first-order valence-electron chi connectivity index (χ1n) is 8.60. The molecule has 0 N–H and O–H groups in total. The Morgan fingerprint density at radius 2 is 1.09 bits per heavy atom. The maximum atomic E-state index is 13.8. The van der Waals surface area contributed by atoms with E-state index in [0.29, 0.717) is 0 Å². The molecule has 0 amide bonds. The topological polar surface area (TPSA) is 94.9 Å². The van der Waals surface area contributed by atoms with Gasteiger partial charge < -0.3 is 9.05 Å². The number of carbonyl (C=O) groups excluding carboxylic acids is 1. The zero-order valence-electron chi connectivity index (χ0n) is 15.4. The molecule has 32 heavy (non-hydrogen) atoms. The van der Waals surface area contributed by atoms with E-state index in [-0.39, 0.29) is 11.4 Å². The fourth-order valence-corrected chi connectivity index (χ4v) is 2.87. The molecular formula is C19H8F6N4O3. The largest absolute Gasteiger partial charge is 0.422 e. The van der Waals surface area contributed by atoms with Gasteiger partial charge in [-0.05, 0) is 24.3 Å². The fraction of sp³-hybridized carbons (Fsp3) is 0.105. The lowest BCUT2D eigenvalue weighted by atomic mass is 10.0. The Bertz CT molecular complexity index is 1170. The third-order valence-corrected chi connectivity index (χ3v) is 4.18. The first-order chi connectivity index (χ1) is 15.1. The van der Waals surface area contributed by atoms with E-state index in [9.17, 15) is 31.1 Å². The number of nitrogens with zero attached hydrogens (tertiary/aromatic N) is 4. The zero-order valence-corrected chi connectivity index (χ0v) is 15.4. The van der Waals surface area contributed by atoms with Crippen molar-refractivity contribution in [2.45, 2.75) is 12.4 Å². The molecule has 0 fully saturated rings. The number of hydrogen-bond acceptors (Lipinski definition) is 7. The first-order valence-corrected chi connectivity index (χ1v) is 8.60. The maximum absolute atomic E-state index is 13.8. The molecule has 0 atom stereocenters. The molecule has 0 saturated heterocycles. The first kappa shape index (κ1) is 21.2. The Morgan fingerprint density at radius 1 is 0.688 bits per heavy atom. The van der Waals surface area contributed by atoms with Crippen molar-refractivity contribution in [3.8, 4) is 22.8 Å². The molecule has 7 nitrogen and oxygen atoms in total. The van der Waals surface area contributed by atoms with Gasteiger partial charge in [0, 0.05) is 12.4 Å². The summed E-state index contributed by atoms with van der Waals surface area (Å²) in [7, 11) is 0. The van der Waals surface area contributed by atoms with Crippen LogP contribution in [0.1, 0.15) is 27.4 Å². The van der Waals surface area contributed by atoms with E-state index in [0.717, 1.165) is 12.1 Å². The zero-order chi connectivity index (χ0) is 23.1. The Kier molecular flexibility index (Phi) is 5.03. The second kappa shape index (κ2) is 7.59. The number of aromatic nitrogens is 4. The van der Waals surface area contributed by atoms with Crippen molar-refractivity contribution in [3.63, 3.8) is 0 Å². The minimum Gasteiger partial charge on any atom is -0.351 e. The van der Waals surface area contributed by atoms with Crippen LogP contribution in [-0.4, -0.2) is 26.1 Å². The van der Waals surface area contributed by atoms with Crippen LogP contribution in [0.4, 0.5) is 26.3 Å². The van der Waals surface area contributed by atoms with Crippen LogP contribution in [0.3, 0.4) is 0 Å². The predicted octanol–water partition coefficient (Wildman–Crippen LogP) is 5.06. The second-order valence-electron chi connectivity index (χ2n) is 6.23. The van der Waals surface area contributed by atoms with Crippen molar-refractivity contribution in [1.29, 1.82) is 0 Å². The summed E-state index contributed by atoms with van der Waals surface area (Å²) in [6.45, 7) is 0. The molecule has 164 valence electrons. The molecule has 13 heteroatoms. The summed E-state index contributed by atoms with van der Waals surface area (Å²) in [6.07, 6.45) is -8.08. The van der Waals surface area contributed by atoms with E-state index in [4.69, 9.17) is 0 Å². The maximum Gasteiger partial charge on any atom is 0.422 e. The number of ketones is 1. The highest BCUT2D eigenvalue weighted by atomic mass is 19.4. The third kappa shape index (κ3) is 3.72. The highest BCUT2D eigenvalue weighted by Crippen LogP contribution is 2.43. The molecule has 0 unspecified atom stereocenters. The summed E-state index contributed by atoms with van der Waals surface area (Å²) in [5, 5.41) is 6.44. The summed E-state index contributed by atoms with van der Waals surface area (Å²) in [5.74, 6) is -4.83. The summed E-state index contributed by atoms with van der Waals surface area (Å²) in [4.78, 5) is 20.2. The Balaban J connectivity index is 1.90. The number of pyridine rings is 2. The monoisotopic (exact) mass is 454 g/mol. The van der Waals surface area contributed by atoms with E-state index in [2.05, 4.69) is 29.3 Å². The van der Waals surface area contributed by atoms with Crippen LogP contribution in [0, 0.1) is 0 Å². The molecule has 4 heterocycles. The average Bonchev–Trinajstić information content (AvgIpc) is 3.39. The minimum atomic E-state index is -5.21. The normalized spacial score (nSPS) is 12.2. The van der Waals surface area contributed by atoms with Gasteiger partial charge in [0.1, 0.15) is 22.5 Å². The molecule has 4 aromatic heterocycles. The number of hydrogen-bond donors (Lipinski definition) is 0. The highest BCUT2D eigenvalue weighted by Gasteiger charge is 2.48. The van der Waals surface area contributed by atoms with Gasteiger partial charge in [0.25, 0.3) is 5.78 Å². The molecule has 0 bridgehead atoms. The molecule has 0 aliphatic heterocycles. The van der Waals surface area contributed by atoms with Gasteiger partial charge in [0.15, 0.2) is 0 Å². The number of alkyl halides is 6. The van der Waals surface area contributed by atoms with Crippen LogP contribution < -0.4 is 0 Å². The summed E-state index contributed by atoms with van der Waals surface area (Å²) < 4.78 is 91.6. The van der Waals surface area contributed by atoms with Crippen molar-refractivity contribution in [2.75, 3.05) is 0 Å². The number of rotatable bonds is 4. The van der Waals surface area contributed by atoms with E-state index in [1.807, 2.05) is 0 Å². The number of halogens is 6. The van der Waals surface area contributed by atoms with Crippen molar-refractivity contribution >= 4 is 5.78 Å². The summed E-state index contributed by atoms with van der Waals surface area (Å²) in [6, 6.07) is 7.89.